The fourth-order valence-corrected chi connectivity index (χ4v) is 7.53. The van der Waals surface area contributed by atoms with Crippen LogP contribution in [-0.4, -0.2) is 22.0 Å². The van der Waals surface area contributed by atoms with Gasteiger partial charge in [0.05, 0.1) is 16.6 Å². The van der Waals surface area contributed by atoms with E-state index in [4.69, 9.17) is 4.74 Å². The number of imide groups is 1. The molecular weight excluding hydrogens is 511 g/mol. The van der Waals surface area contributed by atoms with Gasteiger partial charge in [-0.1, -0.05) is 71.1 Å². The molecule has 2 amide bonds. The summed E-state index contributed by atoms with van der Waals surface area (Å²) in [6.07, 6.45) is 0. The molecule has 6 nitrogen and oxygen atoms in total. The number of nitrogens with zero attached hydrogens (tertiary/aromatic N) is 1. The van der Waals surface area contributed by atoms with Gasteiger partial charge in [0.1, 0.15) is 23.4 Å². The van der Waals surface area contributed by atoms with E-state index < -0.39 is 22.9 Å². The summed E-state index contributed by atoms with van der Waals surface area (Å²) in [5.41, 5.74) is 3.20. The fourth-order valence-electron chi connectivity index (χ4n) is 5.03. The molecule has 2 aliphatic heterocycles. The van der Waals surface area contributed by atoms with Gasteiger partial charge in [0, 0.05) is 16.4 Å². The molecule has 2 aliphatic rings. The number of hydrogen-bond acceptors (Lipinski definition) is 6. The zero-order valence-corrected chi connectivity index (χ0v) is 21.3. The Morgan fingerprint density at radius 2 is 1.76 bits per heavy atom. The standard InChI is InChI=1S/C28H21FN2O4S2/c1-15-5-4-6-16(13-15)14-35-20-8-3-2-7-19(20)21-22-24(36-25-23(21)37-28(34)30-25)27(33)31(26(22)32)18-11-9-17(29)10-12-18/h2-13,21-22,24H,14H2,1H3,(H,30,34)/t21-,22-,24+/m0/s1. The van der Waals surface area contributed by atoms with Crippen LogP contribution in [0.5, 0.6) is 5.75 Å². The summed E-state index contributed by atoms with van der Waals surface area (Å²) in [5.74, 6) is -1.92. The Hall–Kier alpha value is -3.69. The monoisotopic (exact) mass is 532 g/mol. The third kappa shape index (κ3) is 4.18. The quantitative estimate of drug-likeness (QED) is 0.355. The van der Waals surface area contributed by atoms with E-state index in [0.717, 1.165) is 32.9 Å². The highest BCUT2D eigenvalue weighted by atomic mass is 32.2. The van der Waals surface area contributed by atoms with Crippen LogP contribution in [0.1, 0.15) is 27.5 Å². The van der Waals surface area contributed by atoms with Gasteiger partial charge in [-0.05, 0) is 42.8 Å². The number of halogens is 1. The molecule has 1 saturated heterocycles. The fraction of sp³-hybridized carbons (Fsp3) is 0.179. The molecular formula is C28H21FN2O4S2. The van der Waals surface area contributed by atoms with Gasteiger partial charge in [0.2, 0.25) is 11.8 Å². The van der Waals surface area contributed by atoms with Gasteiger partial charge >= 0.3 is 4.87 Å². The lowest BCUT2D eigenvalue weighted by molar-refractivity contribution is -0.122. The number of hydrogen-bond donors (Lipinski definition) is 1. The van der Waals surface area contributed by atoms with Gasteiger partial charge in [-0.15, -0.1) is 0 Å². The zero-order chi connectivity index (χ0) is 25.7. The number of anilines is 1. The van der Waals surface area contributed by atoms with Crippen LogP contribution >= 0.6 is 23.1 Å². The van der Waals surface area contributed by atoms with E-state index in [0.29, 0.717) is 27.9 Å². The van der Waals surface area contributed by atoms with E-state index in [9.17, 15) is 18.8 Å². The minimum atomic E-state index is -0.745. The van der Waals surface area contributed by atoms with Crippen LogP contribution in [0.15, 0.2) is 82.6 Å². The summed E-state index contributed by atoms with van der Waals surface area (Å²) in [5, 5.41) is -0.137. The van der Waals surface area contributed by atoms with Crippen molar-refractivity contribution in [1.82, 2.24) is 4.98 Å². The SMILES string of the molecule is Cc1cccc(COc2ccccc2[C@@H]2c3sc(=O)[nH]c3S[C@H]3C(=O)N(c4ccc(F)cc4)C(=O)[C@@H]23)c1. The highest BCUT2D eigenvalue weighted by Gasteiger charge is 2.56. The van der Waals surface area contributed by atoms with E-state index in [-0.39, 0.29) is 16.7 Å². The van der Waals surface area contributed by atoms with Gasteiger partial charge in [-0.25, -0.2) is 9.29 Å². The van der Waals surface area contributed by atoms with E-state index in [1.54, 1.807) is 0 Å². The predicted octanol–water partition coefficient (Wildman–Crippen LogP) is 5.26. The molecule has 4 aromatic rings. The number of benzene rings is 3. The summed E-state index contributed by atoms with van der Waals surface area (Å²) < 4.78 is 19.8. The summed E-state index contributed by atoms with van der Waals surface area (Å²) in [6, 6.07) is 20.8. The largest absolute Gasteiger partial charge is 0.489 e. The predicted molar refractivity (Wildman–Crippen MR) is 141 cm³/mol. The highest BCUT2D eigenvalue weighted by molar-refractivity contribution is 8.00. The molecule has 3 atom stereocenters. The maximum absolute atomic E-state index is 13.8. The van der Waals surface area contributed by atoms with Crippen molar-refractivity contribution >= 4 is 40.6 Å². The van der Waals surface area contributed by atoms with Crippen LogP contribution in [-0.2, 0) is 16.2 Å². The number of aromatic nitrogens is 1. The lowest BCUT2D eigenvalue weighted by Crippen LogP contribution is -2.32. The van der Waals surface area contributed by atoms with Gasteiger partial charge in [0.25, 0.3) is 0 Å². The molecule has 0 bridgehead atoms. The second kappa shape index (κ2) is 9.32. The Bertz CT molecular complexity index is 1580. The Morgan fingerprint density at radius 3 is 2.54 bits per heavy atom. The number of para-hydroxylation sites is 1. The summed E-state index contributed by atoms with van der Waals surface area (Å²) in [6.45, 7) is 2.35. The number of fused-ring (bicyclic) bond motifs is 2. The molecule has 1 N–H and O–H groups in total. The van der Waals surface area contributed by atoms with Crippen LogP contribution < -0.4 is 14.5 Å². The van der Waals surface area contributed by atoms with Gasteiger partial charge < -0.3 is 9.72 Å². The Labute approximate surface area is 220 Å². The molecule has 186 valence electrons. The molecule has 0 unspecified atom stereocenters. The molecule has 9 heteroatoms. The molecule has 0 spiro atoms. The molecule has 37 heavy (non-hydrogen) atoms. The van der Waals surface area contributed by atoms with Gasteiger partial charge in [-0.2, -0.15) is 0 Å². The molecule has 0 saturated carbocycles. The van der Waals surface area contributed by atoms with Crippen LogP contribution in [0, 0.1) is 18.7 Å². The lowest BCUT2D eigenvalue weighted by Gasteiger charge is -2.30. The minimum Gasteiger partial charge on any atom is -0.489 e. The smallest absolute Gasteiger partial charge is 0.305 e. The molecule has 0 radical (unpaired) electrons. The average molecular weight is 533 g/mol. The Kier molecular flexibility index (Phi) is 5.97. The maximum Gasteiger partial charge on any atom is 0.305 e. The second-order valence-electron chi connectivity index (χ2n) is 9.05. The topological polar surface area (TPSA) is 79.5 Å². The number of thioether (sulfide) groups is 1. The van der Waals surface area contributed by atoms with Gasteiger partial charge in [0.15, 0.2) is 0 Å². The van der Waals surface area contributed by atoms with E-state index in [2.05, 4.69) is 4.98 Å². The number of carbonyl (C=O) groups excluding carboxylic acids is 2. The minimum absolute atomic E-state index is 0.240. The lowest BCUT2D eigenvalue weighted by atomic mass is 9.82. The molecule has 1 aromatic heterocycles. The zero-order valence-electron chi connectivity index (χ0n) is 19.6. The average Bonchev–Trinajstić information content (AvgIpc) is 3.38. The Balaban J connectivity index is 1.42. The first kappa shape index (κ1) is 23.7. The molecule has 0 aliphatic carbocycles. The number of aryl methyl sites for hydroxylation is 1. The maximum atomic E-state index is 13.8. The van der Waals surface area contributed by atoms with E-state index in [1.165, 1.54) is 36.0 Å². The number of H-pyrrole nitrogens is 1. The van der Waals surface area contributed by atoms with Gasteiger partial charge in [-0.3, -0.25) is 14.4 Å². The van der Waals surface area contributed by atoms with Crippen molar-refractivity contribution in [3.63, 3.8) is 0 Å². The number of rotatable bonds is 5. The van der Waals surface area contributed by atoms with Crippen molar-refractivity contribution in [1.29, 1.82) is 0 Å². The first-order chi connectivity index (χ1) is 17.9. The summed E-state index contributed by atoms with van der Waals surface area (Å²) >= 11 is 2.26. The van der Waals surface area contributed by atoms with Crippen molar-refractivity contribution in [2.75, 3.05) is 4.90 Å². The number of amides is 2. The first-order valence-corrected chi connectivity index (χ1v) is 13.4. The van der Waals surface area contributed by atoms with Crippen molar-refractivity contribution < 1.29 is 18.7 Å². The van der Waals surface area contributed by atoms with Crippen molar-refractivity contribution in [2.24, 2.45) is 5.92 Å². The molecule has 3 aromatic carbocycles. The van der Waals surface area contributed by atoms with E-state index >= 15 is 0 Å². The second-order valence-corrected chi connectivity index (χ2v) is 11.2. The summed E-state index contributed by atoms with van der Waals surface area (Å²) in [7, 11) is 0. The summed E-state index contributed by atoms with van der Waals surface area (Å²) in [4.78, 5) is 44.2. The third-order valence-electron chi connectivity index (χ3n) is 6.64. The van der Waals surface area contributed by atoms with Crippen LogP contribution in [0.25, 0.3) is 0 Å². The number of aromatic amines is 1. The van der Waals surface area contributed by atoms with Crippen molar-refractivity contribution in [3.8, 4) is 5.75 Å². The number of carbonyl (C=O) groups is 2. The third-order valence-corrected chi connectivity index (χ3v) is 9.04. The number of nitrogens with one attached hydrogen (secondary N) is 1. The molecule has 1 fully saturated rings. The van der Waals surface area contributed by atoms with Crippen LogP contribution in [0.2, 0.25) is 0 Å². The normalized spacial score (nSPS) is 20.6. The highest BCUT2D eigenvalue weighted by Crippen LogP contribution is 2.54. The van der Waals surface area contributed by atoms with Crippen molar-refractivity contribution in [3.05, 3.63) is 110 Å². The first-order valence-electron chi connectivity index (χ1n) is 11.7. The van der Waals surface area contributed by atoms with Crippen molar-refractivity contribution in [2.45, 2.75) is 29.7 Å². The molecule has 3 heterocycles. The van der Waals surface area contributed by atoms with Crippen LogP contribution in [0.4, 0.5) is 10.1 Å². The Morgan fingerprint density at radius 1 is 0.973 bits per heavy atom. The van der Waals surface area contributed by atoms with E-state index in [1.807, 2.05) is 55.5 Å². The number of thiazole rings is 1. The van der Waals surface area contributed by atoms with Crippen LogP contribution in [0.3, 0.4) is 0 Å². The molecule has 6 rings (SSSR count). The number of ether oxygens (including phenoxy) is 1.